The van der Waals surface area contributed by atoms with E-state index in [0.717, 1.165) is 17.7 Å². The molecule has 0 radical (unpaired) electrons. The topological polar surface area (TPSA) is 59.6 Å². The van der Waals surface area contributed by atoms with E-state index in [1.807, 2.05) is 68.4 Å². The van der Waals surface area contributed by atoms with E-state index in [1.54, 1.807) is 7.11 Å². The normalized spacial score (nSPS) is 12.9. The maximum Gasteiger partial charge on any atom is 0.319 e. The highest BCUT2D eigenvalue weighted by Gasteiger charge is 2.30. The molecule has 5 heteroatoms. The predicted molar refractivity (Wildman–Crippen MR) is 100 cm³/mol. The maximum atomic E-state index is 12.2. The lowest BCUT2D eigenvalue weighted by atomic mass is 9.91. The molecule has 1 unspecified atom stereocenters. The van der Waals surface area contributed by atoms with Gasteiger partial charge in [-0.25, -0.2) is 4.79 Å². The third kappa shape index (κ3) is 4.97. The number of urea groups is 1. The number of carbonyl (C=O) groups is 1. The van der Waals surface area contributed by atoms with Crippen LogP contribution in [-0.2, 0) is 10.3 Å². The van der Waals surface area contributed by atoms with Crippen LogP contribution < -0.4 is 15.4 Å². The number of nitrogens with one attached hydrogen (secondary N) is 2. The average Bonchev–Trinajstić information content (AvgIpc) is 2.66. The molecule has 0 aliphatic rings. The number of benzene rings is 2. The van der Waals surface area contributed by atoms with Crippen molar-refractivity contribution in [1.82, 2.24) is 5.32 Å². The monoisotopic (exact) mass is 342 g/mol. The van der Waals surface area contributed by atoms with Crippen molar-refractivity contribution in [2.24, 2.45) is 0 Å². The molecule has 25 heavy (non-hydrogen) atoms. The van der Waals surface area contributed by atoms with Crippen LogP contribution in [0, 0.1) is 0 Å². The SMILES string of the molecule is CCOc1ccc(NC(=O)NCC(CC)(OC)c2ccccc2)cc1. The van der Waals surface area contributed by atoms with Crippen molar-refractivity contribution in [3.8, 4) is 5.75 Å². The van der Waals surface area contributed by atoms with Crippen molar-refractivity contribution in [2.75, 3.05) is 25.6 Å². The molecule has 2 N–H and O–H groups in total. The lowest BCUT2D eigenvalue weighted by molar-refractivity contribution is -0.0149. The molecule has 0 saturated heterocycles. The summed E-state index contributed by atoms with van der Waals surface area (Å²) in [4.78, 5) is 12.2. The number of carbonyl (C=O) groups excluding carboxylic acids is 1. The molecular formula is C20H26N2O3. The Kier molecular flexibility index (Phi) is 6.83. The molecule has 2 rings (SSSR count). The molecule has 0 fully saturated rings. The first-order valence-electron chi connectivity index (χ1n) is 8.52. The molecule has 0 saturated carbocycles. The molecule has 0 aliphatic heterocycles. The largest absolute Gasteiger partial charge is 0.494 e. The minimum Gasteiger partial charge on any atom is -0.494 e. The summed E-state index contributed by atoms with van der Waals surface area (Å²) in [5.41, 5.74) is 1.21. The Bertz CT molecular complexity index is 652. The van der Waals surface area contributed by atoms with Gasteiger partial charge in [-0.1, -0.05) is 37.3 Å². The van der Waals surface area contributed by atoms with Crippen molar-refractivity contribution in [1.29, 1.82) is 0 Å². The summed E-state index contributed by atoms with van der Waals surface area (Å²) in [6.45, 7) is 4.97. The van der Waals surface area contributed by atoms with Crippen LogP contribution in [0.1, 0.15) is 25.8 Å². The van der Waals surface area contributed by atoms with Gasteiger partial charge in [-0.3, -0.25) is 0 Å². The second-order valence-electron chi connectivity index (χ2n) is 5.68. The van der Waals surface area contributed by atoms with Gasteiger partial charge in [-0.15, -0.1) is 0 Å². The summed E-state index contributed by atoms with van der Waals surface area (Å²) in [6, 6.07) is 16.9. The Labute approximate surface area is 149 Å². The predicted octanol–water partition coefficient (Wildman–Crippen LogP) is 4.16. The van der Waals surface area contributed by atoms with E-state index >= 15 is 0 Å². The van der Waals surface area contributed by atoms with Gasteiger partial charge in [0.05, 0.1) is 13.2 Å². The smallest absolute Gasteiger partial charge is 0.319 e. The van der Waals surface area contributed by atoms with E-state index in [2.05, 4.69) is 10.6 Å². The van der Waals surface area contributed by atoms with Crippen LogP contribution in [0.5, 0.6) is 5.75 Å². The molecule has 0 bridgehead atoms. The van der Waals surface area contributed by atoms with Crippen LogP contribution in [0.2, 0.25) is 0 Å². The summed E-state index contributed by atoms with van der Waals surface area (Å²) < 4.78 is 11.1. The van der Waals surface area contributed by atoms with Crippen molar-refractivity contribution >= 4 is 11.7 Å². The number of methoxy groups -OCH3 is 1. The molecule has 1 atom stereocenters. The molecule has 0 spiro atoms. The van der Waals surface area contributed by atoms with Gasteiger partial charge in [0.15, 0.2) is 0 Å². The minimum absolute atomic E-state index is 0.269. The Morgan fingerprint density at radius 2 is 1.72 bits per heavy atom. The van der Waals surface area contributed by atoms with Crippen LogP contribution in [0.25, 0.3) is 0 Å². The minimum atomic E-state index is -0.544. The number of anilines is 1. The lowest BCUT2D eigenvalue weighted by Crippen LogP contribution is -2.43. The average molecular weight is 342 g/mol. The first-order chi connectivity index (χ1) is 12.1. The van der Waals surface area contributed by atoms with Crippen LogP contribution in [-0.4, -0.2) is 26.3 Å². The molecule has 2 aromatic carbocycles. The van der Waals surface area contributed by atoms with Gasteiger partial charge in [0.25, 0.3) is 0 Å². The number of amides is 2. The molecular weight excluding hydrogens is 316 g/mol. The molecule has 2 amide bonds. The second-order valence-corrected chi connectivity index (χ2v) is 5.68. The molecule has 2 aromatic rings. The summed E-state index contributed by atoms with van der Waals surface area (Å²) in [5, 5.41) is 5.73. The second kappa shape index (κ2) is 9.08. The Hall–Kier alpha value is -2.53. The van der Waals surface area contributed by atoms with Gasteiger partial charge in [-0.2, -0.15) is 0 Å². The first kappa shape index (κ1) is 18.8. The maximum absolute atomic E-state index is 12.2. The van der Waals surface area contributed by atoms with Crippen molar-refractivity contribution in [3.05, 3.63) is 60.2 Å². The Morgan fingerprint density at radius 1 is 1.04 bits per heavy atom. The highest BCUT2D eigenvalue weighted by Crippen LogP contribution is 2.28. The molecule has 0 aliphatic carbocycles. The lowest BCUT2D eigenvalue weighted by Gasteiger charge is -2.32. The van der Waals surface area contributed by atoms with Crippen LogP contribution in [0.3, 0.4) is 0 Å². The van der Waals surface area contributed by atoms with Gasteiger partial charge in [0.1, 0.15) is 11.4 Å². The van der Waals surface area contributed by atoms with Crippen molar-refractivity contribution in [3.63, 3.8) is 0 Å². The molecule has 134 valence electrons. The quantitative estimate of drug-likeness (QED) is 0.757. The van der Waals surface area contributed by atoms with E-state index in [0.29, 0.717) is 18.8 Å². The fraction of sp³-hybridized carbons (Fsp3) is 0.350. The van der Waals surface area contributed by atoms with Gasteiger partial charge < -0.3 is 20.1 Å². The van der Waals surface area contributed by atoms with Gasteiger partial charge in [0.2, 0.25) is 0 Å². The number of hydrogen-bond acceptors (Lipinski definition) is 3. The van der Waals surface area contributed by atoms with E-state index in [9.17, 15) is 4.79 Å². The molecule has 0 heterocycles. The van der Waals surface area contributed by atoms with E-state index in [-0.39, 0.29) is 6.03 Å². The summed E-state index contributed by atoms with van der Waals surface area (Å²) in [7, 11) is 1.67. The van der Waals surface area contributed by atoms with E-state index in [1.165, 1.54) is 0 Å². The standard InChI is InChI=1S/C20H26N2O3/c1-4-20(24-3,16-9-7-6-8-10-16)15-21-19(23)22-17-11-13-18(14-12-17)25-5-2/h6-14H,4-5,15H2,1-3H3,(H2,21,22,23). The highest BCUT2D eigenvalue weighted by atomic mass is 16.5. The van der Waals surface area contributed by atoms with Crippen molar-refractivity contribution in [2.45, 2.75) is 25.9 Å². The van der Waals surface area contributed by atoms with Crippen LogP contribution >= 0.6 is 0 Å². The molecule has 5 nitrogen and oxygen atoms in total. The summed E-state index contributed by atoms with van der Waals surface area (Å²) in [6.07, 6.45) is 0.747. The number of ether oxygens (including phenoxy) is 2. The number of hydrogen-bond donors (Lipinski definition) is 2. The van der Waals surface area contributed by atoms with Crippen LogP contribution in [0.4, 0.5) is 10.5 Å². The van der Waals surface area contributed by atoms with Gasteiger partial charge in [0, 0.05) is 12.8 Å². The van der Waals surface area contributed by atoms with E-state index < -0.39 is 5.60 Å². The highest BCUT2D eigenvalue weighted by molar-refractivity contribution is 5.89. The van der Waals surface area contributed by atoms with Crippen LogP contribution in [0.15, 0.2) is 54.6 Å². The zero-order chi connectivity index (χ0) is 18.1. The Balaban J connectivity index is 1.97. The third-order valence-corrected chi connectivity index (χ3v) is 4.22. The Morgan fingerprint density at radius 3 is 2.28 bits per heavy atom. The van der Waals surface area contributed by atoms with Crippen molar-refractivity contribution < 1.29 is 14.3 Å². The van der Waals surface area contributed by atoms with Gasteiger partial charge >= 0.3 is 6.03 Å². The third-order valence-electron chi connectivity index (χ3n) is 4.22. The zero-order valence-corrected chi connectivity index (χ0v) is 15.0. The zero-order valence-electron chi connectivity index (χ0n) is 15.0. The van der Waals surface area contributed by atoms with Gasteiger partial charge in [-0.05, 0) is 43.2 Å². The number of rotatable bonds is 8. The van der Waals surface area contributed by atoms with E-state index in [4.69, 9.17) is 9.47 Å². The summed E-state index contributed by atoms with van der Waals surface area (Å²) >= 11 is 0. The molecule has 0 aromatic heterocycles. The fourth-order valence-electron chi connectivity index (χ4n) is 2.71. The fourth-order valence-corrected chi connectivity index (χ4v) is 2.71. The first-order valence-corrected chi connectivity index (χ1v) is 8.52. The summed E-state index contributed by atoms with van der Waals surface area (Å²) in [5.74, 6) is 0.780.